The second kappa shape index (κ2) is 16.7. The Morgan fingerprint density at radius 2 is 1.61 bits per heavy atom. The molecule has 1 aliphatic carbocycles. The average molecular weight is 394 g/mol. The van der Waals surface area contributed by atoms with Gasteiger partial charge in [0.1, 0.15) is 5.60 Å². The molecular weight excluding hydrogens is 350 g/mol. The number of rotatable bonds is 8. The normalized spacial score (nSPS) is 16.2. The number of carbonyl (C=O) groups excluding carboxylic acids is 1. The summed E-state index contributed by atoms with van der Waals surface area (Å²) in [6, 6.07) is 9.31. The highest BCUT2D eigenvalue weighted by Crippen LogP contribution is 2.37. The van der Waals surface area contributed by atoms with Crippen molar-refractivity contribution in [3.05, 3.63) is 35.9 Å². The molecule has 1 fully saturated rings. The number of ether oxygens (including phenoxy) is 1. The largest absolute Gasteiger partial charge is 0.385 e. The number of carbonyl (C=O) groups is 1. The van der Waals surface area contributed by atoms with Gasteiger partial charge in [-0.05, 0) is 57.3 Å². The van der Waals surface area contributed by atoms with E-state index in [1.54, 1.807) is 7.11 Å². The average Bonchev–Trinajstić information content (AvgIpc) is 2.78. The molecule has 1 atom stereocenters. The van der Waals surface area contributed by atoms with Crippen molar-refractivity contribution in [2.24, 2.45) is 5.92 Å². The lowest BCUT2D eigenvalue weighted by atomic mass is 9.74. The van der Waals surface area contributed by atoms with Crippen molar-refractivity contribution in [2.75, 3.05) is 33.4 Å². The van der Waals surface area contributed by atoms with Gasteiger partial charge in [0.25, 0.3) is 0 Å². The predicted molar refractivity (Wildman–Crippen MR) is 119 cm³/mol. The third kappa shape index (κ3) is 9.81. The van der Waals surface area contributed by atoms with Gasteiger partial charge in [-0.2, -0.15) is 0 Å². The summed E-state index contributed by atoms with van der Waals surface area (Å²) in [6.45, 7) is 13.1. The van der Waals surface area contributed by atoms with E-state index in [9.17, 15) is 9.90 Å². The number of nitrogens with zero attached hydrogens (tertiary/aromatic N) is 1. The summed E-state index contributed by atoms with van der Waals surface area (Å²) < 4.78 is 4.54. The highest BCUT2D eigenvalue weighted by Gasteiger charge is 2.38. The Hall–Kier alpha value is -1.23. The predicted octanol–water partition coefficient (Wildman–Crippen LogP) is 5.04. The van der Waals surface area contributed by atoms with Gasteiger partial charge >= 0.3 is 0 Å². The van der Waals surface area contributed by atoms with Crippen LogP contribution in [0.2, 0.25) is 0 Å². The fourth-order valence-electron chi connectivity index (χ4n) is 3.50. The molecule has 1 N–H and O–H groups in total. The van der Waals surface area contributed by atoms with Gasteiger partial charge in [0, 0.05) is 13.7 Å². The number of hydrogen-bond donors (Lipinski definition) is 1. The summed E-state index contributed by atoms with van der Waals surface area (Å²) in [5, 5.41) is 10.5. The molecule has 0 radical (unpaired) electrons. The third-order valence-corrected chi connectivity index (χ3v) is 5.37. The highest BCUT2D eigenvalue weighted by molar-refractivity contribution is 5.66. The standard InChI is InChI=1S/C14H18O2.C7H17N.C3H8O/c15-11-14(16,12-7-3-1-4-8-12)13-9-5-2-6-10-13;1-4-7-8(5-2)6-3;1-3-4-2/h1,3-4,7-8,11,13,16H,2,5-6,9-10H2;4-7H2,1-3H3;3H2,1-2H3. The zero-order chi connectivity index (χ0) is 21.3. The topological polar surface area (TPSA) is 49.8 Å². The van der Waals surface area contributed by atoms with E-state index < -0.39 is 5.60 Å². The smallest absolute Gasteiger partial charge is 0.156 e. The number of aliphatic hydroxyl groups is 1. The molecule has 1 saturated carbocycles. The van der Waals surface area contributed by atoms with Gasteiger partial charge in [0.15, 0.2) is 6.29 Å². The number of methoxy groups -OCH3 is 1. The first-order chi connectivity index (χ1) is 13.5. The van der Waals surface area contributed by atoms with Gasteiger partial charge in [-0.3, -0.25) is 4.79 Å². The number of hydrogen-bond acceptors (Lipinski definition) is 4. The first-order valence-corrected chi connectivity index (χ1v) is 11.0. The minimum absolute atomic E-state index is 0.0844. The van der Waals surface area contributed by atoms with Crippen molar-refractivity contribution in [1.29, 1.82) is 0 Å². The van der Waals surface area contributed by atoms with Gasteiger partial charge < -0.3 is 14.7 Å². The van der Waals surface area contributed by atoms with Crippen LogP contribution in [0.25, 0.3) is 0 Å². The fourth-order valence-corrected chi connectivity index (χ4v) is 3.50. The molecule has 1 aliphatic rings. The van der Waals surface area contributed by atoms with E-state index in [0.29, 0.717) is 0 Å². The molecular formula is C24H43NO3. The number of benzene rings is 1. The van der Waals surface area contributed by atoms with Crippen LogP contribution in [0.5, 0.6) is 0 Å². The van der Waals surface area contributed by atoms with Crippen molar-refractivity contribution < 1.29 is 14.6 Å². The van der Waals surface area contributed by atoms with E-state index in [0.717, 1.165) is 44.1 Å². The van der Waals surface area contributed by atoms with Crippen LogP contribution in [0.15, 0.2) is 30.3 Å². The molecule has 0 aromatic heterocycles. The Kier molecular flexibility index (Phi) is 16.0. The summed E-state index contributed by atoms with van der Waals surface area (Å²) in [6.07, 6.45) is 7.36. The van der Waals surface area contributed by atoms with Gasteiger partial charge in [-0.25, -0.2) is 0 Å². The maximum absolute atomic E-state index is 11.3. The molecule has 4 heteroatoms. The Labute approximate surface area is 173 Å². The van der Waals surface area contributed by atoms with Crippen LogP contribution < -0.4 is 0 Å². The fraction of sp³-hybridized carbons (Fsp3) is 0.708. The first kappa shape index (κ1) is 26.8. The molecule has 0 bridgehead atoms. The second-order valence-electron chi connectivity index (χ2n) is 7.25. The lowest BCUT2D eigenvalue weighted by Gasteiger charge is -2.34. The lowest BCUT2D eigenvalue weighted by molar-refractivity contribution is -0.132. The summed E-state index contributed by atoms with van der Waals surface area (Å²) in [4.78, 5) is 13.7. The molecule has 0 aliphatic heterocycles. The zero-order valence-corrected chi connectivity index (χ0v) is 18.8. The molecule has 4 nitrogen and oxygen atoms in total. The molecule has 162 valence electrons. The Morgan fingerprint density at radius 1 is 1.07 bits per heavy atom. The van der Waals surface area contributed by atoms with Crippen molar-refractivity contribution in [3.8, 4) is 0 Å². The maximum Gasteiger partial charge on any atom is 0.156 e. The molecule has 28 heavy (non-hydrogen) atoms. The Morgan fingerprint density at radius 3 is 1.96 bits per heavy atom. The second-order valence-corrected chi connectivity index (χ2v) is 7.25. The van der Waals surface area contributed by atoms with Crippen LogP contribution in [-0.2, 0) is 15.1 Å². The summed E-state index contributed by atoms with van der Waals surface area (Å²) in [5.74, 6) is 0.0844. The van der Waals surface area contributed by atoms with Crippen LogP contribution in [0, 0.1) is 5.92 Å². The SMILES string of the molecule is CCCN(CC)CC.CCOC.O=CC(O)(c1ccccc1)C1CCCCC1. The number of aldehydes is 1. The van der Waals surface area contributed by atoms with Crippen LogP contribution >= 0.6 is 0 Å². The van der Waals surface area contributed by atoms with Gasteiger partial charge in [0.2, 0.25) is 0 Å². The minimum Gasteiger partial charge on any atom is -0.385 e. The summed E-state index contributed by atoms with van der Waals surface area (Å²) in [5.41, 5.74) is -0.543. The van der Waals surface area contributed by atoms with Gasteiger partial charge in [0.05, 0.1) is 0 Å². The van der Waals surface area contributed by atoms with E-state index in [-0.39, 0.29) is 5.92 Å². The van der Waals surface area contributed by atoms with E-state index in [4.69, 9.17) is 0 Å². The Balaban J connectivity index is 0.000000511. The molecule has 0 saturated heterocycles. The quantitative estimate of drug-likeness (QED) is 0.628. The van der Waals surface area contributed by atoms with Crippen LogP contribution in [0.3, 0.4) is 0 Å². The van der Waals surface area contributed by atoms with Crippen LogP contribution in [0.1, 0.15) is 71.8 Å². The summed E-state index contributed by atoms with van der Waals surface area (Å²) >= 11 is 0. The molecule has 1 aromatic rings. The van der Waals surface area contributed by atoms with Gasteiger partial charge in [-0.15, -0.1) is 0 Å². The van der Waals surface area contributed by atoms with E-state index >= 15 is 0 Å². The first-order valence-electron chi connectivity index (χ1n) is 11.0. The minimum atomic E-state index is -1.28. The molecule has 0 heterocycles. The molecule has 0 amide bonds. The molecule has 1 unspecified atom stereocenters. The third-order valence-electron chi connectivity index (χ3n) is 5.37. The van der Waals surface area contributed by atoms with Crippen molar-refractivity contribution >= 4 is 6.29 Å². The summed E-state index contributed by atoms with van der Waals surface area (Å²) in [7, 11) is 1.68. The molecule has 1 aromatic carbocycles. The van der Waals surface area contributed by atoms with Crippen LogP contribution in [0.4, 0.5) is 0 Å². The van der Waals surface area contributed by atoms with Crippen molar-refractivity contribution in [2.45, 2.75) is 71.8 Å². The van der Waals surface area contributed by atoms with E-state index in [1.807, 2.05) is 37.3 Å². The lowest BCUT2D eigenvalue weighted by Crippen LogP contribution is -2.38. The van der Waals surface area contributed by atoms with Crippen LogP contribution in [-0.4, -0.2) is 49.6 Å². The zero-order valence-electron chi connectivity index (χ0n) is 18.8. The monoisotopic (exact) mass is 393 g/mol. The van der Waals surface area contributed by atoms with E-state index in [2.05, 4.69) is 30.4 Å². The molecule has 2 rings (SSSR count). The van der Waals surface area contributed by atoms with Crippen molar-refractivity contribution in [1.82, 2.24) is 4.90 Å². The van der Waals surface area contributed by atoms with Gasteiger partial charge in [-0.1, -0.05) is 70.4 Å². The molecule has 0 spiro atoms. The van der Waals surface area contributed by atoms with Crippen molar-refractivity contribution in [3.63, 3.8) is 0 Å². The van der Waals surface area contributed by atoms with E-state index in [1.165, 1.54) is 32.5 Å². The highest BCUT2D eigenvalue weighted by atomic mass is 16.5. The Bertz CT molecular complexity index is 468. The maximum atomic E-state index is 11.3.